The van der Waals surface area contributed by atoms with Gasteiger partial charge in [-0.1, -0.05) is 0 Å². The van der Waals surface area contributed by atoms with Crippen LogP contribution in [-0.2, 0) is 14.6 Å². The Morgan fingerprint density at radius 2 is 1.52 bits per heavy atom. The van der Waals surface area contributed by atoms with E-state index in [0.717, 1.165) is 44.9 Å². The van der Waals surface area contributed by atoms with Gasteiger partial charge in [-0.2, -0.15) is 0 Å². The van der Waals surface area contributed by atoms with Gasteiger partial charge in [0.15, 0.2) is 0 Å². The fourth-order valence-corrected chi connectivity index (χ4v) is 7.22. The summed E-state index contributed by atoms with van der Waals surface area (Å²) in [6.45, 7) is 4.24. The van der Waals surface area contributed by atoms with Crippen molar-refractivity contribution in [3.05, 3.63) is 0 Å². The lowest BCUT2D eigenvalue weighted by Gasteiger charge is -2.55. The number of urea groups is 1. The van der Waals surface area contributed by atoms with Gasteiger partial charge in [0.2, 0.25) is 5.91 Å². The molecule has 2 saturated carbocycles. The van der Waals surface area contributed by atoms with Crippen LogP contribution in [0.15, 0.2) is 0 Å². The van der Waals surface area contributed by atoms with Gasteiger partial charge in [0.05, 0.1) is 17.3 Å². The zero-order valence-electron chi connectivity index (χ0n) is 18.5. The molecule has 1 heterocycles. The predicted molar refractivity (Wildman–Crippen MR) is 113 cm³/mol. The van der Waals surface area contributed by atoms with Crippen LogP contribution in [0.4, 0.5) is 4.79 Å². The quantitative estimate of drug-likeness (QED) is 0.678. The van der Waals surface area contributed by atoms with Gasteiger partial charge >= 0.3 is 6.03 Å². The first-order valence-corrected chi connectivity index (χ1v) is 12.9. The second-order valence-corrected chi connectivity index (χ2v) is 12.0. The first-order valence-electron chi connectivity index (χ1n) is 11.0. The van der Waals surface area contributed by atoms with Gasteiger partial charge in [0, 0.05) is 39.9 Å². The fraction of sp³-hybridized carbons (Fsp3) is 0.905. The van der Waals surface area contributed by atoms with Crippen LogP contribution in [0.2, 0.25) is 0 Å². The SMILES string of the molecule is CC(=O)N1C2CCC(C3CCC(S(C)(=O)=O)CC3)CC2N(C(=O)N(C)C)C[C@@H]1C. The zero-order chi connectivity index (χ0) is 21.5. The number of amides is 3. The Kier molecular flexibility index (Phi) is 6.51. The predicted octanol–water partition coefficient (Wildman–Crippen LogP) is 2.36. The molecule has 8 heteroatoms. The maximum atomic E-state index is 12.9. The molecular formula is C21H37N3O4S. The first-order chi connectivity index (χ1) is 13.5. The minimum Gasteiger partial charge on any atom is -0.333 e. The molecule has 166 valence electrons. The number of carbonyl (C=O) groups excluding carboxylic acids is 2. The van der Waals surface area contributed by atoms with Gasteiger partial charge in [-0.15, -0.1) is 0 Å². The van der Waals surface area contributed by atoms with E-state index in [2.05, 4.69) is 0 Å². The highest BCUT2D eigenvalue weighted by atomic mass is 32.2. The second-order valence-electron chi connectivity index (χ2n) is 9.68. The number of sulfone groups is 1. The van der Waals surface area contributed by atoms with E-state index in [1.54, 1.807) is 25.9 Å². The molecule has 0 N–H and O–H groups in total. The highest BCUT2D eigenvalue weighted by molar-refractivity contribution is 7.91. The van der Waals surface area contributed by atoms with E-state index in [1.165, 1.54) is 6.26 Å². The van der Waals surface area contributed by atoms with E-state index in [1.807, 2.05) is 16.7 Å². The molecule has 0 radical (unpaired) electrons. The van der Waals surface area contributed by atoms with E-state index < -0.39 is 9.84 Å². The summed E-state index contributed by atoms with van der Waals surface area (Å²) in [6, 6.07) is 0.191. The highest BCUT2D eigenvalue weighted by Gasteiger charge is 2.48. The third kappa shape index (κ3) is 4.57. The molecule has 3 fully saturated rings. The van der Waals surface area contributed by atoms with Crippen molar-refractivity contribution >= 4 is 21.8 Å². The molecule has 0 aromatic carbocycles. The molecule has 0 spiro atoms. The van der Waals surface area contributed by atoms with Crippen molar-refractivity contribution in [1.82, 2.24) is 14.7 Å². The van der Waals surface area contributed by atoms with Crippen molar-refractivity contribution in [3.63, 3.8) is 0 Å². The summed E-state index contributed by atoms with van der Waals surface area (Å²) in [6.07, 6.45) is 7.65. The summed E-state index contributed by atoms with van der Waals surface area (Å²) < 4.78 is 23.8. The lowest BCUT2D eigenvalue weighted by Crippen LogP contribution is -2.68. The number of hydrogen-bond donors (Lipinski definition) is 0. The molecule has 2 aliphatic carbocycles. The van der Waals surface area contributed by atoms with E-state index in [-0.39, 0.29) is 35.3 Å². The third-order valence-corrected chi connectivity index (χ3v) is 9.18. The molecule has 1 saturated heterocycles. The average molecular weight is 428 g/mol. The lowest BCUT2D eigenvalue weighted by molar-refractivity contribution is -0.142. The fourth-order valence-electron chi connectivity index (χ4n) is 6.09. The molecule has 29 heavy (non-hydrogen) atoms. The molecule has 0 aromatic heterocycles. The molecule has 0 aromatic rings. The number of fused-ring (bicyclic) bond motifs is 1. The Bertz CT molecular complexity index is 730. The summed E-state index contributed by atoms with van der Waals surface area (Å²) in [5.41, 5.74) is 0. The van der Waals surface area contributed by atoms with E-state index in [4.69, 9.17) is 0 Å². The van der Waals surface area contributed by atoms with Gasteiger partial charge < -0.3 is 14.7 Å². The smallest absolute Gasteiger partial charge is 0.319 e. The Labute approximate surface area is 175 Å². The Balaban J connectivity index is 1.75. The van der Waals surface area contributed by atoms with Gasteiger partial charge in [-0.05, 0) is 63.7 Å². The van der Waals surface area contributed by atoms with E-state index >= 15 is 0 Å². The van der Waals surface area contributed by atoms with Crippen molar-refractivity contribution in [2.75, 3.05) is 26.9 Å². The van der Waals surface area contributed by atoms with Gasteiger partial charge in [-0.3, -0.25) is 4.79 Å². The van der Waals surface area contributed by atoms with Crippen LogP contribution >= 0.6 is 0 Å². The van der Waals surface area contributed by atoms with Crippen molar-refractivity contribution in [2.45, 2.75) is 82.2 Å². The molecule has 0 bridgehead atoms. The minimum absolute atomic E-state index is 0.0245. The van der Waals surface area contributed by atoms with Crippen molar-refractivity contribution in [2.24, 2.45) is 11.8 Å². The van der Waals surface area contributed by atoms with Crippen molar-refractivity contribution in [3.8, 4) is 0 Å². The Morgan fingerprint density at radius 3 is 2.03 bits per heavy atom. The van der Waals surface area contributed by atoms with E-state index in [9.17, 15) is 18.0 Å². The van der Waals surface area contributed by atoms with Gasteiger partial charge in [-0.25, -0.2) is 13.2 Å². The molecule has 7 nitrogen and oxygen atoms in total. The second kappa shape index (κ2) is 8.44. The number of rotatable bonds is 2. The summed E-state index contributed by atoms with van der Waals surface area (Å²) in [7, 11) is 0.614. The number of nitrogens with zero attached hydrogens (tertiary/aromatic N) is 3. The summed E-state index contributed by atoms with van der Waals surface area (Å²) in [5, 5.41) is -0.189. The minimum atomic E-state index is -2.95. The molecule has 1 aliphatic heterocycles. The van der Waals surface area contributed by atoms with Crippen molar-refractivity contribution < 1.29 is 18.0 Å². The van der Waals surface area contributed by atoms with Gasteiger partial charge in [0.25, 0.3) is 0 Å². The largest absolute Gasteiger partial charge is 0.333 e. The van der Waals surface area contributed by atoms with E-state index in [0.29, 0.717) is 18.4 Å². The normalized spacial score (nSPS) is 35.8. The Morgan fingerprint density at radius 1 is 0.931 bits per heavy atom. The summed E-state index contributed by atoms with van der Waals surface area (Å²) in [5.74, 6) is 1.11. The molecule has 3 aliphatic rings. The maximum Gasteiger partial charge on any atom is 0.319 e. The Hall–Kier alpha value is -1.31. The van der Waals surface area contributed by atoms with Gasteiger partial charge in [0.1, 0.15) is 9.84 Å². The number of hydrogen-bond acceptors (Lipinski definition) is 4. The highest BCUT2D eigenvalue weighted by Crippen LogP contribution is 2.43. The first kappa shape index (κ1) is 22.4. The average Bonchev–Trinajstić information content (AvgIpc) is 2.65. The monoisotopic (exact) mass is 427 g/mol. The molecular weight excluding hydrogens is 390 g/mol. The standard InChI is InChI=1S/C21H37N3O4S/c1-14-13-23(21(26)22(3)4)20-12-17(8-11-19(20)24(14)15(2)25)16-6-9-18(10-7-16)29(5,27)28/h14,16-20H,6-13H2,1-5H3/t14-,16?,17?,18?,19?,20?/m0/s1. The topological polar surface area (TPSA) is 78.0 Å². The summed E-state index contributed by atoms with van der Waals surface area (Å²) in [4.78, 5) is 30.9. The molecule has 3 amide bonds. The summed E-state index contributed by atoms with van der Waals surface area (Å²) >= 11 is 0. The van der Waals surface area contributed by atoms with Crippen LogP contribution in [0.25, 0.3) is 0 Å². The van der Waals surface area contributed by atoms with Crippen LogP contribution in [0.1, 0.15) is 58.8 Å². The lowest BCUT2D eigenvalue weighted by atomic mass is 9.69. The van der Waals surface area contributed by atoms with Crippen LogP contribution in [0.5, 0.6) is 0 Å². The van der Waals surface area contributed by atoms with Crippen molar-refractivity contribution in [1.29, 1.82) is 0 Å². The zero-order valence-corrected chi connectivity index (χ0v) is 19.3. The molecule has 3 rings (SSSR count). The van der Waals surface area contributed by atoms with Crippen LogP contribution in [-0.4, -0.2) is 85.3 Å². The van der Waals surface area contributed by atoms with Crippen LogP contribution < -0.4 is 0 Å². The molecule has 4 atom stereocenters. The maximum absolute atomic E-state index is 12.9. The number of carbonyl (C=O) groups is 2. The van der Waals surface area contributed by atoms with Crippen LogP contribution in [0, 0.1) is 11.8 Å². The van der Waals surface area contributed by atoms with Crippen LogP contribution in [0.3, 0.4) is 0 Å². The molecule has 3 unspecified atom stereocenters. The third-order valence-electron chi connectivity index (χ3n) is 7.50. The number of piperazine rings is 1.